The fourth-order valence-corrected chi connectivity index (χ4v) is 5.47. The van der Waals surface area contributed by atoms with Gasteiger partial charge in [0.1, 0.15) is 5.75 Å². The van der Waals surface area contributed by atoms with Crippen LogP contribution in [0, 0.1) is 0 Å². The maximum Gasteiger partial charge on any atom is 0.256 e. The number of methoxy groups -OCH3 is 2. The van der Waals surface area contributed by atoms with E-state index in [0.717, 1.165) is 29.8 Å². The van der Waals surface area contributed by atoms with E-state index in [1.165, 1.54) is 19.3 Å². The lowest BCUT2D eigenvalue weighted by atomic mass is 9.75. The smallest absolute Gasteiger partial charge is 0.256 e. The number of ether oxygens (including phenoxy) is 2. The highest BCUT2D eigenvalue weighted by Crippen LogP contribution is 2.37. The minimum absolute atomic E-state index is 0.0688. The number of piperidine rings is 2. The summed E-state index contributed by atoms with van der Waals surface area (Å²) >= 11 is 0. The number of anilines is 1. The fraction of sp³-hybridized carbons (Fsp3) is 0.462. The van der Waals surface area contributed by atoms with Crippen LogP contribution in [0.15, 0.2) is 36.7 Å². The SMILES string of the molecule is COc1cc(-c2ccc(-c3ncc(N(C)[C@@H]4C[C@H]5CCC[C@@](C)(C4)N5)nn3)c(O)c2)cnc1OC. The molecular weight excluding hydrogens is 444 g/mol. The molecule has 2 saturated heterocycles. The van der Waals surface area contributed by atoms with Gasteiger partial charge in [-0.15, -0.1) is 10.2 Å². The number of aromatic hydroxyl groups is 1. The van der Waals surface area contributed by atoms with Crippen molar-refractivity contribution < 1.29 is 14.6 Å². The molecule has 2 aromatic heterocycles. The molecule has 2 aliphatic heterocycles. The molecule has 1 aromatic carbocycles. The first-order valence-electron chi connectivity index (χ1n) is 12.0. The second kappa shape index (κ2) is 9.30. The number of rotatable bonds is 6. The molecule has 0 saturated carbocycles. The molecular formula is C26H32N6O3. The molecule has 3 aromatic rings. The standard InChI is InChI=1S/C26H32N6O3/c1-26-9-5-6-18(29-26)12-19(13-26)32(2)23-15-27-24(31-30-23)20-8-7-16(10-21(20)33)17-11-22(34-3)25(35-4)28-14-17/h7-8,10-11,14-15,18-19,29,33H,5-6,9,12-13H2,1-4H3/t18-,19-,26+/m1/s1. The molecule has 9 nitrogen and oxygen atoms in total. The van der Waals surface area contributed by atoms with Gasteiger partial charge in [0.2, 0.25) is 0 Å². The van der Waals surface area contributed by atoms with Crippen molar-refractivity contribution in [2.24, 2.45) is 0 Å². The van der Waals surface area contributed by atoms with Gasteiger partial charge in [0.25, 0.3) is 5.88 Å². The Hall–Kier alpha value is -3.46. The van der Waals surface area contributed by atoms with Crippen molar-refractivity contribution in [3.63, 3.8) is 0 Å². The summed E-state index contributed by atoms with van der Waals surface area (Å²) in [7, 11) is 5.18. The molecule has 4 heterocycles. The summed E-state index contributed by atoms with van der Waals surface area (Å²) in [5.41, 5.74) is 2.29. The largest absolute Gasteiger partial charge is 0.507 e. The minimum Gasteiger partial charge on any atom is -0.507 e. The Balaban J connectivity index is 1.34. The molecule has 2 N–H and O–H groups in total. The van der Waals surface area contributed by atoms with Gasteiger partial charge in [-0.3, -0.25) is 0 Å². The van der Waals surface area contributed by atoms with Gasteiger partial charge in [-0.05, 0) is 56.4 Å². The average Bonchev–Trinajstić information content (AvgIpc) is 2.87. The van der Waals surface area contributed by atoms with Crippen LogP contribution >= 0.6 is 0 Å². The third-order valence-corrected chi connectivity index (χ3v) is 7.34. The number of pyridine rings is 1. The number of phenolic OH excluding ortho intramolecular Hbond substituents is 1. The summed E-state index contributed by atoms with van der Waals surface area (Å²) in [5, 5.41) is 23.3. The van der Waals surface area contributed by atoms with Crippen LogP contribution in [-0.2, 0) is 0 Å². The van der Waals surface area contributed by atoms with Crippen LogP contribution in [-0.4, -0.2) is 64.2 Å². The summed E-state index contributed by atoms with van der Waals surface area (Å²) in [4.78, 5) is 11.0. The zero-order valence-electron chi connectivity index (χ0n) is 20.7. The number of hydrogen-bond donors (Lipinski definition) is 2. The predicted molar refractivity (Wildman–Crippen MR) is 134 cm³/mol. The van der Waals surface area contributed by atoms with Crippen molar-refractivity contribution in [3.05, 3.63) is 36.7 Å². The first kappa shape index (κ1) is 23.3. The lowest BCUT2D eigenvalue weighted by Crippen LogP contribution is -2.61. The Morgan fingerprint density at radius 3 is 2.63 bits per heavy atom. The van der Waals surface area contributed by atoms with Crippen molar-refractivity contribution in [2.45, 2.75) is 56.7 Å². The minimum atomic E-state index is 0.0688. The molecule has 0 radical (unpaired) electrons. The van der Waals surface area contributed by atoms with Crippen molar-refractivity contribution in [1.29, 1.82) is 0 Å². The third-order valence-electron chi connectivity index (χ3n) is 7.34. The lowest BCUT2D eigenvalue weighted by molar-refractivity contribution is 0.140. The number of aromatic nitrogens is 4. The third kappa shape index (κ3) is 4.60. The molecule has 2 aliphatic rings. The molecule has 184 valence electrons. The second-order valence-electron chi connectivity index (χ2n) is 9.81. The summed E-state index contributed by atoms with van der Waals surface area (Å²) in [6, 6.07) is 8.11. The number of fused-ring (bicyclic) bond motifs is 2. The molecule has 9 heteroatoms. The molecule has 0 unspecified atom stereocenters. The van der Waals surface area contributed by atoms with Crippen LogP contribution in [0.4, 0.5) is 5.82 Å². The highest BCUT2D eigenvalue weighted by atomic mass is 16.5. The summed E-state index contributed by atoms with van der Waals surface area (Å²) in [5.74, 6) is 2.12. The fourth-order valence-electron chi connectivity index (χ4n) is 5.47. The molecule has 2 fully saturated rings. The first-order valence-corrected chi connectivity index (χ1v) is 12.0. The van der Waals surface area contributed by atoms with E-state index in [-0.39, 0.29) is 11.3 Å². The van der Waals surface area contributed by atoms with Gasteiger partial charge in [0, 0.05) is 36.4 Å². The monoisotopic (exact) mass is 476 g/mol. The van der Waals surface area contributed by atoms with Crippen LogP contribution in [0.2, 0.25) is 0 Å². The van der Waals surface area contributed by atoms with Gasteiger partial charge >= 0.3 is 0 Å². The van der Waals surface area contributed by atoms with Gasteiger partial charge < -0.3 is 24.8 Å². The van der Waals surface area contributed by atoms with Crippen LogP contribution in [0.5, 0.6) is 17.4 Å². The zero-order valence-corrected chi connectivity index (χ0v) is 20.7. The number of nitrogens with zero attached hydrogens (tertiary/aromatic N) is 5. The van der Waals surface area contributed by atoms with E-state index in [4.69, 9.17) is 9.47 Å². The Labute approximate surface area is 205 Å². The van der Waals surface area contributed by atoms with E-state index in [9.17, 15) is 5.11 Å². The van der Waals surface area contributed by atoms with E-state index in [1.54, 1.807) is 38.7 Å². The van der Waals surface area contributed by atoms with Crippen LogP contribution < -0.4 is 19.7 Å². The lowest BCUT2D eigenvalue weighted by Gasteiger charge is -2.49. The average molecular weight is 477 g/mol. The topological polar surface area (TPSA) is 106 Å². The van der Waals surface area contributed by atoms with Crippen LogP contribution in [0.3, 0.4) is 0 Å². The van der Waals surface area contributed by atoms with Crippen molar-refractivity contribution in [3.8, 4) is 39.9 Å². The second-order valence-corrected chi connectivity index (χ2v) is 9.81. The highest BCUT2D eigenvalue weighted by Gasteiger charge is 2.40. The van der Waals surface area contributed by atoms with Gasteiger partial charge in [-0.1, -0.05) is 12.5 Å². The molecule has 5 rings (SSSR count). The Morgan fingerprint density at radius 1 is 1.09 bits per heavy atom. The maximum absolute atomic E-state index is 10.7. The number of benzene rings is 1. The highest BCUT2D eigenvalue weighted by molar-refractivity contribution is 5.73. The number of hydrogen-bond acceptors (Lipinski definition) is 9. The number of phenols is 1. The van der Waals surface area contributed by atoms with E-state index < -0.39 is 0 Å². The molecule has 0 amide bonds. The molecule has 2 bridgehead atoms. The summed E-state index contributed by atoms with van der Waals surface area (Å²) in [6.07, 6.45) is 9.34. The van der Waals surface area contributed by atoms with Crippen LogP contribution in [0.1, 0.15) is 39.0 Å². The summed E-state index contributed by atoms with van der Waals surface area (Å²) in [6.45, 7) is 2.33. The van der Waals surface area contributed by atoms with Crippen molar-refractivity contribution in [2.75, 3.05) is 26.2 Å². The normalized spacial score (nSPS) is 23.5. The predicted octanol–water partition coefficient (Wildman–Crippen LogP) is 3.82. The molecule has 0 aliphatic carbocycles. The van der Waals surface area contributed by atoms with E-state index in [0.29, 0.717) is 35.1 Å². The Bertz CT molecular complexity index is 1200. The summed E-state index contributed by atoms with van der Waals surface area (Å²) < 4.78 is 10.5. The van der Waals surface area contributed by atoms with E-state index in [1.807, 2.05) is 12.1 Å². The molecule has 3 atom stereocenters. The first-order chi connectivity index (χ1) is 16.9. The van der Waals surface area contributed by atoms with E-state index in [2.05, 4.69) is 44.4 Å². The van der Waals surface area contributed by atoms with Crippen LogP contribution in [0.25, 0.3) is 22.5 Å². The van der Waals surface area contributed by atoms with Gasteiger partial charge in [-0.25, -0.2) is 9.97 Å². The maximum atomic E-state index is 10.7. The molecule has 35 heavy (non-hydrogen) atoms. The number of nitrogens with one attached hydrogen (secondary N) is 1. The van der Waals surface area contributed by atoms with Gasteiger partial charge in [0.15, 0.2) is 17.4 Å². The van der Waals surface area contributed by atoms with Crippen molar-refractivity contribution in [1.82, 2.24) is 25.5 Å². The quantitative estimate of drug-likeness (QED) is 0.549. The van der Waals surface area contributed by atoms with Gasteiger partial charge in [0.05, 0.1) is 26.0 Å². The van der Waals surface area contributed by atoms with Gasteiger partial charge in [-0.2, -0.15) is 0 Å². The Morgan fingerprint density at radius 2 is 1.94 bits per heavy atom. The van der Waals surface area contributed by atoms with Crippen molar-refractivity contribution >= 4 is 5.82 Å². The molecule has 0 spiro atoms. The Kier molecular flexibility index (Phi) is 6.19. The van der Waals surface area contributed by atoms with E-state index >= 15 is 0 Å². The zero-order chi connectivity index (χ0) is 24.6.